The van der Waals surface area contributed by atoms with Crippen LogP contribution >= 0.6 is 27.5 Å². The van der Waals surface area contributed by atoms with Crippen LogP contribution in [-0.2, 0) is 0 Å². The quantitative estimate of drug-likeness (QED) is 0.702. The first-order valence-corrected chi connectivity index (χ1v) is 9.44. The molecule has 140 valence electrons. The number of aromatic nitrogens is 2. The van der Waals surface area contributed by atoms with E-state index >= 15 is 0 Å². The molecule has 0 amide bonds. The molecule has 1 saturated heterocycles. The fraction of sp³-hybridized carbons (Fsp3) is 0.412. The van der Waals surface area contributed by atoms with Crippen LogP contribution in [0.15, 0.2) is 22.9 Å². The van der Waals surface area contributed by atoms with Crippen molar-refractivity contribution >= 4 is 50.4 Å². The standard InChI is InChI=1S/C17H21BrClFN6/c1-9-6-26(7-10(2)25(9)3)14-5-12(20)11(18)4-13(14)24-17-15(21)16(19)22-8-23-17/h4-5,8-10H,6-7,21H2,1-3H3,(H,22,23,24)/t9-,10+. The van der Waals surface area contributed by atoms with E-state index in [-0.39, 0.29) is 16.7 Å². The zero-order valence-electron chi connectivity index (χ0n) is 14.8. The highest BCUT2D eigenvalue weighted by Crippen LogP contribution is 2.36. The number of likely N-dealkylation sites (N-methyl/N-ethyl adjacent to an activating group) is 1. The largest absolute Gasteiger partial charge is 0.393 e. The number of piperazine rings is 1. The van der Waals surface area contributed by atoms with E-state index in [4.69, 9.17) is 17.3 Å². The summed E-state index contributed by atoms with van der Waals surface area (Å²) in [5.74, 6) is 0.0680. The summed E-state index contributed by atoms with van der Waals surface area (Å²) < 4.78 is 14.6. The van der Waals surface area contributed by atoms with Crippen LogP contribution in [0.25, 0.3) is 0 Å². The predicted molar refractivity (Wildman–Crippen MR) is 108 cm³/mol. The van der Waals surface area contributed by atoms with E-state index in [2.05, 4.69) is 61.9 Å². The van der Waals surface area contributed by atoms with Crippen LogP contribution in [-0.4, -0.2) is 47.1 Å². The third kappa shape index (κ3) is 3.72. The number of benzene rings is 1. The van der Waals surface area contributed by atoms with E-state index in [1.807, 2.05) is 0 Å². The molecule has 1 aromatic heterocycles. The van der Waals surface area contributed by atoms with E-state index in [1.165, 1.54) is 12.4 Å². The lowest BCUT2D eigenvalue weighted by Crippen LogP contribution is -2.55. The molecular formula is C17H21BrClFN6. The fourth-order valence-corrected chi connectivity index (χ4v) is 3.58. The summed E-state index contributed by atoms with van der Waals surface area (Å²) in [6.45, 7) is 5.90. The highest BCUT2D eigenvalue weighted by Gasteiger charge is 2.28. The topological polar surface area (TPSA) is 70.3 Å². The first-order chi connectivity index (χ1) is 12.3. The third-order valence-electron chi connectivity index (χ3n) is 4.83. The van der Waals surface area contributed by atoms with Crippen LogP contribution in [0.4, 0.5) is 27.3 Å². The smallest absolute Gasteiger partial charge is 0.158 e. The van der Waals surface area contributed by atoms with E-state index in [0.717, 1.165) is 18.8 Å². The Kier molecular flexibility index (Phi) is 5.55. The summed E-state index contributed by atoms with van der Waals surface area (Å²) in [6.07, 6.45) is 1.33. The van der Waals surface area contributed by atoms with Crippen LogP contribution in [0, 0.1) is 5.82 Å². The van der Waals surface area contributed by atoms with Gasteiger partial charge in [0.05, 0.1) is 15.8 Å². The van der Waals surface area contributed by atoms with Crippen LogP contribution in [0.3, 0.4) is 0 Å². The number of nitrogen functional groups attached to an aromatic ring is 1. The highest BCUT2D eigenvalue weighted by molar-refractivity contribution is 9.10. The summed E-state index contributed by atoms with van der Waals surface area (Å²) in [6, 6.07) is 3.90. The number of hydrogen-bond donors (Lipinski definition) is 2. The summed E-state index contributed by atoms with van der Waals surface area (Å²) in [5.41, 5.74) is 7.67. The van der Waals surface area contributed by atoms with E-state index < -0.39 is 0 Å². The molecule has 1 aromatic carbocycles. The van der Waals surface area contributed by atoms with Crippen molar-refractivity contribution in [2.24, 2.45) is 0 Å². The van der Waals surface area contributed by atoms with Crippen molar-refractivity contribution in [3.05, 3.63) is 33.9 Å². The average molecular weight is 444 g/mol. The lowest BCUT2D eigenvalue weighted by Gasteiger charge is -2.44. The van der Waals surface area contributed by atoms with Crippen molar-refractivity contribution in [2.75, 3.05) is 36.1 Å². The summed E-state index contributed by atoms with van der Waals surface area (Å²) in [5, 5.41) is 3.35. The molecule has 6 nitrogen and oxygen atoms in total. The maximum atomic E-state index is 14.3. The van der Waals surface area contributed by atoms with Gasteiger partial charge in [0.15, 0.2) is 11.0 Å². The van der Waals surface area contributed by atoms with Crippen molar-refractivity contribution in [1.82, 2.24) is 14.9 Å². The Labute approximate surface area is 165 Å². The van der Waals surface area contributed by atoms with Crippen molar-refractivity contribution in [1.29, 1.82) is 0 Å². The van der Waals surface area contributed by atoms with Crippen molar-refractivity contribution in [2.45, 2.75) is 25.9 Å². The zero-order valence-corrected chi connectivity index (χ0v) is 17.1. The number of nitrogens with one attached hydrogen (secondary N) is 1. The van der Waals surface area contributed by atoms with Gasteiger partial charge in [-0.15, -0.1) is 0 Å². The SMILES string of the molecule is C[C@@H]1CN(c2cc(F)c(Br)cc2Nc2ncnc(Cl)c2N)C[C@H](C)N1C. The number of hydrogen-bond acceptors (Lipinski definition) is 6. The molecule has 0 aliphatic carbocycles. The molecule has 1 fully saturated rings. The highest BCUT2D eigenvalue weighted by atomic mass is 79.9. The van der Waals surface area contributed by atoms with Gasteiger partial charge < -0.3 is 16.0 Å². The van der Waals surface area contributed by atoms with Gasteiger partial charge in [-0.05, 0) is 42.9 Å². The van der Waals surface area contributed by atoms with Crippen LogP contribution in [0.1, 0.15) is 13.8 Å². The molecule has 0 bridgehead atoms. The Hall–Kier alpha value is -1.64. The molecule has 1 aliphatic heterocycles. The monoisotopic (exact) mass is 442 g/mol. The molecular weight excluding hydrogens is 423 g/mol. The molecule has 1 aliphatic rings. The molecule has 0 saturated carbocycles. The van der Waals surface area contributed by atoms with E-state index in [0.29, 0.717) is 28.1 Å². The Bertz CT molecular complexity index is 808. The Morgan fingerprint density at radius 3 is 2.58 bits per heavy atom. The number of rotatable bonds is 3. The van der Waals surface area contributed by atoms with E-state index in [1.54, 1.807) is 6.07 Å². The van der Waals surface area contributed by atoms with Gasteiger partial charge in [-0.3, -0.25) is 4.90 Å². The Morgan fingerprint density at radius 2 is 1.92 bits per heavy atom. The Balaban J connectivity index is 2.00. The van der Waals surface area contributed by atoms with Gasteiger partial charge in [-0.25, -0.2) is 14.4 Å². The van der Waals surface area contributed by atoms with Crippen LogP contribution in [0.5, 0.6) is 0 Å². The summed E-state index contributed by atoms with van der Waals surface area (Å²) in [7, 11) is 2.11. The van der Waals surface area contributed by atoms with Crippen molar-refractivity contribution in [3.63, 3.8) is 0 Å². The van der Waals surface area contributed by atoms with Gasteiger partial charge in [0.2, 0.25) is 0 Å². The van der Waals surface area contributed by atoms with Gasteiger partial charge in [0, 0.05) is 31.2 Å². The minimum atomic E-state index is -0.321. The number of anilines is 4. The molecule has 3 rings (SSSR count). The molecule has 9 heteroatoms. The van der Waals surface area contributed by atoms with Gasteiger partial charge in [-0.2, -0.15) is 0 Å². The zero-order chi connectivity index (χ0) is 19.0. The van der Waals surface area contributed by atoms with Crippen LogP contribution < -0.4 is 16.0 Å². The first-order valence-electron chi connectivity index (χ1n) is 8.26. The molecule has 2 atom stereocenters. The van der Waals surface area contributed by atoms with Crippen LogP contribution in [0.2, 0.25) is 5.15 Å². The minimum Gasteiger partial charge on any atom is -0.393 e. The number of halogens is 3. The molecule has 0 unspecified atom stereocenters. The molecule has 26 heavy (non-hydrogen) atoms. The number of nitrogens with zero attached hydrogens (tertiary/aromatic N) is 4. The van der Waals surface area contributed by atoms with Crippen molar-refractivity contribution in [3.8, 4) is 0 Å². The molecule has 2 aromatic rings. The van der Waals surface area contributed by atoms with Crippen molar-refractivity contribution < 1.29 is 4.39 Å². The minimum absolute atomic E-state index is 0.173. The first kappa shape index (κ1) is 19.1. The normalized spacial score (nSPS) is 21.1. The Morgan fingerprint density at radius 1 is 1.27 bits per heavy atom. The molecule has 2 heterocycles. The molecule has 0 spiro atoms. The lowest BCUT2D eigenvalue weighted by molar-refractivity contribution is 0.170. The van der Waals surface area contributed by atoms with Gasteiger partial charge in [-0.1, -0.05) is 11.6 Å². The summed E-state index contributed by atoms with van der Waals surface area (Å²) in [4.78, 5) is 12.5. The maximum absolute atomic E-state index is 14.3. The second-order valence-corrected chi connectivity index (χ2v) is 7.82. The predicted octanol–water partition coefficient (Wildman–Crippen LogP) is 3.89. The van der Waals surface area contributed by atoms with Gasteiger partial charge in [0.25, 0.3) is 0 Å². The second-order valence-electron chi connectivity index (χ2n) is 6.60. The third-order valence-corrected chi connectivity index (χ3v) is 5.74. The lowest BCUT2D eigenvalue weighted by atomic mass is 10.1. The fourth-order valence-electron chi connectivity index (χ4n) is 3.10. The maximum Gasteiger partial charge on any atom is 0.158 e. The molecule has 3 N–H and O–H groups in total. The van der Waals surface area contributed by atoms with Gasteiger partial charge in [0.1, 0.15) is 17.8 Å². The van der Waals surface area contributed by atoms with Gasteiger partial charge >= 0.3 is 0 Å². The average Bonchev–Trinajstić information content (AvgIpc) is 2.59. The molecule has 0 radical (unpaired) electrons. The number of nitrogens with two attached hydrogens (primary N) is 1. The second kappa shape index (κ2) is 7.54. The van der Waals surface area contributed by atoms with E-state index in [9.17, 15) is 4.39 Å². The summed E-state index contributed by atoms with van der Waals surface area (Å²) >= 11 is 9.23.